The largest absolute Gasteiger partial charge is 0.508 e. The number of rotatable bonds is 17. The van der Waals surface area contributed by atoms with E-state index in [1.54, 1.807) is 0 Å². The second-order valence-electron chi connectivity index (χ2n) is 9.34. The number of carboxylic acid groups (broad SMARTS) is 2. The van der Waals surface area contributed by atoms with Gasteiger partial charge in [-0.1, -0.05) is 26.0 Å². The van der Waals surface area contributed by atoms with Crippen LogP contribution in [0.1, 0.15) is 45.1 Å². The van der Waals surface area contributed by atoms with Gasteiger partial charge in [0.05, 0.1) is 6.04 Å². The highest BCUT2D eigenvalue weighted by Gasteiger charge is 2.31. The third-order valence-corrected chi connectivity index (χ3v) is 6.22. The fourth-order valence-corrected chi connectivity index (χ4v) is 4.00. The zero-order valence-corrected chi connectivity index (χ0v) is 22.6. The molecule has 1 aromatic rings. The van der Waals surface area contributed by atoms with Crippen molar-refractivity contribution in [3.05, 3.63) is 29.8 Å². The van der Waals surface area contributed by atoms with Gasteiger partial charge in [0.25, 0.3) is 0 Å². The van der Waals surface area contributed by atoms with Gasteiger partial charge in [0.1, 0.15) is 23.9 Å². The Hall–Kier alpha value is -3.32. The van der Waals surface area contributed by atoms with Gasteiger partial charge in [-0.2, -0.15) is 11.8 Å². The van der Waals surface area contributed by atoms with Crippen molar-refractivity contribution in [1.82, 2.24) is 16.0 Å². The van der Waals surface area contributed by atoms with Crippen LogP contribution >= 0.6 is 11.8 Å². The van der Waals surface area contributed by atoms with Crippen LogP contribution in [0, 0.1) is 5.92 Å². The molecular weight excluding hydrogens is 516 g/mol. The molecule has 0 aliphatic carbocycles. The number of benzene rings is 1. The molecule has 1 rings (SSSR count). The van der Waals surface area contributed by atoms with Gasteiger partial charge in [-0.15, -0.1) is 0 Å². The van der Waals surface area contributed by atoms with Gasteiger partial charge >= 0.3 is 11.9 Å². The molecule has 38 heavy (non-hydrogen) atoms. The van der Waals surface area contributed by atoms with Crippen LogP contribution in [0.25, 0.3) is 0 Å². The van der Waals surface area contributed by atoms with Gasteiger partial charge < -0.3 is 37.0 Å². The molecule has 212 valence electrons. The molecule has 0 fully saturated rings. The third-order valence-electron chi connectivity index (χ3n) is 5.58. The van der Waals surface area contributed by atoms with Crippen molar-refractivity contribution in [1.29, 1.82) is 0 Å². The van der Waals surface area contributed by atoms with Crippen molar-refractivity contribution in [2.24, 2.45) is 11.7 Å². The van der Waals surface area contributed by atoms with Gasteiger partial charge in [0, 0.05) is 12.8 Å². The molecule has 8 N–H and O–H groups in total. The summed E-state index contributed by atoms with van der Waals surface area (Å²) in [6.07, 6.45) is 1.68. The molecular formula is C25H38N4O8S. The average Bonchev–Trinajstić information content (AvgIpc) is 2.84. The van der Waals surface area contributed by atoms with Crippen molar-refractivity contribution in [2.75, 3.05) is 12.0 Å². The van der Waals surface area contributed by atoms with Gasteiger partial charge in [-0.05, 0) is 54.9 Å². The van der Waals surface area contributed by atoms with Crippen LogP contribution in [0.2, 0.25) is 0 Å². The first-order chi connectivity index (χ1) is 17.8. The van der Waals surface area contributed by atoms with Crippen LogP contribution in [0.3, 0.4) is 0 Å². The number of thioether (sulfide) groups is 1. The molecule has 13 heteroatoms. The maximum absolute atomic E-state index is 13.1. The van der Waals surface area contributed by atoms with Crippen molar-refractivity contribution in [3.8, 4) is 5.75 Å². The van der Waals surface area contributed by atoms with Gasteiger partial charge in [0.15, 0.2) is 0 Å². The fraction of sp³-hybridized carbons (Fsp3) is 0.560. The zero-order valence-electron chi connectivity index (χ0n) is 21.8. The Labute approximate surface area is 226 Å². The number of carbonyl (C=O) groups excluding carboxylic acids is 3. The summed E-state index contributed by atoms with van der Waals surface area (Å²) in [5.74, 6) is -4.02. The van der Waals surface area contributed by atoms with Crippen molar-refractivity contribution < 1.29 is 39.3 Å². The second-order valence-corrected chi connectivity index (χ2v) is 10.3. The summed E-state index contributed by atoms with van der Waals surface area (Å²) in [5, 5.41) is 35.6. The Kier molecular flexibility index (Phi) is 14.2. The summed E-state index contributed by atoms with van der Waals surface area (Å²) < 4.78 is 0. The van der Waals surface area contributed by atoms with Gasteiger partial charge in [-0.3, -0.25) is 19.2 Å². The Balaban J connectivity index is 3.02. The van der Waals surface area contributed by atoms with Crippen molar-refractivity contribution in [3.63, 3.8) is 0 Å². The van der Waals surface area contributed by atoms with E-state index in [1.165, 1.54) is 36.0 Å². The topological polar surface area (TPSA) is 208 Å². The molecule has 0 saturated carbocycles. The van der Waals surface area contributed by atoms with Crippen LogP contribution in [-0.4, -0.2) is 81.2 Å². The van der Waals surface area contributed by atoms with E-state index in [1.807, 2.05) is 20.1 Å². The fourth-order valence-electron chi connectivity index (χ4n) is 3.51. The molecule has 4 atom stereocenters. The molecule has 12 nitrogen and oxygen atoms in total. The first-order valence-corrected chi connectivity index (χ1v) is 13.6. The number of hydrogen-bond acceptors (Lipinski definition) is 8. The quantitative estimate of drug-likeness (QED) is 0.141. The lowest BCUT2D eigenvalue weighted by atomic mass is 10.0. The number of carbonyl (C=O) groups is 5. The first kappa shape index (κ1) is 32.7. The lowest BCUT2D eigenvalue weighted by Crippen LogP contribution is -2.57. The maximum Gasteiger partial charge on any atom is 0.326 e. The Morgan fingerprint density at radius 1 is 0.868 bits per heavy atom. The molecule has 0 bridgehead atoms. The molecule has 0 aliphatic heterocycles. The van der Waals surface area contributed by atoms with E-state index >= 15 is 0 Å². The molecule has 4 unspecified atom stereocenters. The van der Waals surface area contributed by atoms with E-state index in [2.05, 4.69) is 16.0 Å². The number of nitrogens with one attached hydrogen (secondary N) is 3. The van der Waals surface area contributed by atoms with E-state index in [0.29, 0.717) is 17.7 Å². The highest BCUT2D eigenvalue weighted by atomic mass is 32.2. The summed E-state index contributed by atoms with van der Waals surface area (Å²) in [4.78, 5) is 61.6. The monoisotopic (exact) mass is 554 g/mol. The number of nitrogens with two attached hydrogens (primary N) is 1. The summed E-state index contributed by atoms with van der Waals surface area (Å²) in [6.45, 7) is 3.62. The number of aliphatic carboxylic acids is 2. The number of amides is 3. The first-order valence-electron chi connectivity index (χ1n) is 12.2. The molecule has 0 radical (unpaired) electrons. The van der Waals surface area contributed by atoms with E-state index in [0.717, 1.165) is 0 Å². The summed E-state index contributed by atoms with van der Waals surface area (Å²) in [6, 6.07) is 1.26. The van der Waals surface area contributed by atoms with E-state index in [4.69, 9.17) is 10.8 Å². The van der Waals surface area contributed by atoms with E-state index in [9.17, 15) is 34.2 Å². The van der Waals surface area contributed by atoms with Crippen molar-refractivity contribution >= 4 is 41.4 Å². The van der Waals surface area contributed by atoms with Gasteiger partial charge in [0.2, 0.25) is 17.7 Å². The van der Waals surface area contributed by atoms with E-state index < -0.39 is 60.2 Å². The second kappa shape index (κ2) is 16.5. The molecule has 0 saturated heterocycles. The SMILES string of the molecule is CSCCC(N)C(=O)NC(CCC(=O)O)C(=O)NC(CC(C)C)C(=O)NC(Cc1ccc(O)cc1)C(=O)O. The molecule has 0 aliphatic rings. The Bertz CT molecular complexity index is 957. The molecule has 0 heterocycles. The van der Waals surface area contributed by atoms with Crippen LogP contribution in [0.5, 0.6) is 5.75 Å². The lowest BCUT2D eigenvalue weighted by molar-refractivity contribution is -0.142. The minimum Gasteiger partial charge on any atom is -0.508 e. The molecule has 1 aromatic carbocycles. The smallest absolute Gasteiger partial charge is 0.326 e. The molecule has 0 spiro atoms. The van der Waals surface area contributed by atoms with Gasteiger partial charge in [-0.25, -0.2) is 4.79 Å². The Morgan fingerprint density at radius 3 is 1.95 bits per heavy atom. The third kappa shape index (κ3) is 12.3. The summed E-state index contributed by atoms with van der Waals surface area (Å²) in [5.41, 5.74) is 6.43. The predicted octanol–water partition coefficient (Wildman–Crippen LogP) is 0.465. The summed E-state index contributed by atoms with van der Waals surface area (Å²) >= 11 is 1.50. The van der Waals surface area contributed by atoms with Crippen LogP contribution in [0.15, 0.2) is 24.3 Å². The summed E-state index contributed by atoms with van der Waals surface area (Å²) in [7, 11) is 0. The number of carboxylic acids is 2. The Morgan fingerprint density at radius 2 is 1.42 bits per heavy atom. The lowest BCUT2D eigenvalue weighted by Gasteiger charge is -2.26. The zero-order chi connectivity index (χ0) is 28.8. The highest BCUT2D eigenvalue weighted by Crippen LogP contribution is 2.13. The normalized spacial score (nSPS) is 14.1. The standard InChI is InChI=1S/C25H38N4O8S/c1-14(2)12-19(24(35)29-20(25(36)37)13-15-4-6-16(30)7-5-15)28-23(34)18(8-9-21(31)32)27-22(33)17(26)10-11-38-3/h4-7,14,17-20,30H,8-13,26H2,1-3H3,(H,27,33)(H,28,34)(H,29,35)(H,31,32)(H,36,37). The number of phenolic OH excluding ortho intramolecular Hbond substituents is 1. The highest BCUT2D eigenvalue weighted by molar-refractivity contribution is 7.98. The van der Waals surface area contributed by atoms with Crippen LogP contribution in [0.4, 0.5) is 0 Å². The maximum atomic E-state index is 13.1. The van der Waals surface area contributed by atoms with E-state index in [-0.39, 0.29) is 30.9 Å². The number of phenols is 1. The molecule has 0 aromatic heterocycles. The number of hydrogen-bond donors (Lipinski definition) is 7. The van der Waals surface area contributed by atoms with Crippen LogP contribution < -0.4 is 21.7 Å². The number of aromatic hydroxyl groups is 1. The minimum atomic E-state index is -1.31. The predicted molar refractivity (Wildman–Crippen MR) is 143 cm³/mol. The van der Waals surface area contributed by atoms with Crippen molar-refractivity contribution in [2.45, 2.75) is 70.1 Å². The average molecular weight is 555 g/mol. The minimum absolute atomic E-state index is 0.0131. The van der Waals surface area contributed by atoms with Crippen LogP contribution in [-0.2, 0) is 30.4 Å². The molecule has 3 amide bonds.